The summed E-state index contributed by atoms with van der Waals surface area (Å²) in [5.74, 6) is 1.57. The molecule has 3 heterocycles. The Balaban J connectivity index is 1.07. The fourth-order valence-corrected chi connectivity index (χ4v) is 9.21. The Hall–Kier alpha value is -8.92. The van der Waals surface area contributed by atoms with Gasteiger partial charge in [0.1, 0.15) is 0 Å². The maximum Gasteiger partial charge on any atom is 0.164 e. The molecule has 0 saturated heterocycles. The highest BCUT2D eigenvalue weighted by atomic mass is 15.0. The molecule has 0 unspecified atom stereocenters. The minimum absolute atomic E-state index is 0.493. The largest absolute Gasteiger partial charge is 0.309 e. The number of nitriles is 1. The van der Waals surface area contributed by atoms with Crippen LogP contribution in [0.25, 0.3) is 111 Å². The minimum Gasteiger partial charge on any atom is -0.309 e. The van der Waals surface area contributed by atoms with Crippen LogP contribution in [0.1, 0.15) is 5.56 Å². The lowest BCUT2D eigenvalue weighted by atomic mass is 10.0. The number of hydrogen-bond donors (Lipinski definition) is 0. The summed E-state index contributed by atoms with van der Waals surface area (Å²) in [4.78, 5) is 15.3. The third-order valence-corrected chi connectivity index (χ3v) is 12.2. The summed E-state index contributed by atoms with van der Waals surface area (Å²) < 4.78 is 4.76. The highest BCUT2D eigenvalue weighted by molar-refractivity contribution is 6.12. The molecule has 298 valence electrons. The Bertz CT molecular complexity index is 3730. The molecule has 0 aliphatic heterocycles. The summed E-state index contributed by atoms with van der Waals surface area (Å²) >= 11 is 0. The molecule has 0 bridgehead atoms. The van der Waals surface area contributed by atoms with Gasteiger partial charge in [0.15, 0.2) is 17.5 Å². The summed E-state index contributed by atoms with van der Waals surface area (Å²) in [7, 11) is 0. The maximum absolute atomic E-state index is 9.83. The molecular formula is C58H36N6. The first-order valence-corrected chi connectivity index (χ1v) is 21.3. The summed E-state index contributed by atoms with van der Waals surface area (Å²) in [5.41, 5.74) is 14.0. The van der Waals surface area contributed by atoms with Crippen molar-refractivity contribution >= 4 is 43.6 Å². The van der Waals surface area contributed by atoms with Crippen molar-refractivity contribution in [3.05, 3.63) is 224 Å². The van der Waals surface area contributed by atoms with Crippen molar-refractivity contribution in [3.63, 3.8) is 0 Å². The molecule has 0 N–H and O–H groups in total. The molecule has 0 spiro atoms. The van der Waals surface area contributed by atoms with Gasteiger partial charge in [-0.15, -0.1) is 0 Å². The molecule has 6 heteroatoms. The molecule has 0 aliphatic carbocycles. The molecule has 3 aromatic heterocycles. The van der Waals surface area contributed by atoms with Gasteiger partial charge in [-0.25, -0.2) is 15.0 Å². The summed E-state index contributed by atoms with van der Waals surface area (Å²) in [6, 6.07) is 78.2. The van der Waals surface area contributed by atoms with E-state index in [1.54, 1.807) is 6.07 Å². The van der Waals surface area contributed by atoms with Crippen molar-refractivity contribution in [2.24, 2.45) is 0 Å². The van der Waals surface area contributed by atoms with Crippen LogP contribution in [-0.2, 0) is 0 Å². The number of para-hydroxylation sites is 3. The summed E-state index contributed by atoms with van der Waals surface area (Å²) in [6.45, 7) is 0. The standard InChI is InChI=1S/C58H36N6/c59-37-38-14-13-19-43(34-38)57-60-56(42-28-26-40(27-29-42)39-15-3-1-4-16-39)61-58(62-57)44-30-32-46(41-17-5-2-6-18-41)55(35-44)64-53-25-12-9-22-49(53)50-36-45(31-33-54(50)64)63-51-23-10-7-20-47(51)48-21-8-11-24-52(48)63/h1-36H. The van der Waals surface area contributed by atoms with Crippen LogP contribution in [-0.4, -0.2) is 24.1 Å². The van der Waals surface area contributed by atoms with Gasteiger partial charge in [0, 0.05) is 49.5 Å². The quantitative estimate of drug-likeness (QED) is 0.161. The van der Waals surface area contributed by atoms with Crippen molar-refractivity contribution in [2.75, 3.05) is 0 Å². The molecule has 12 aromatic rings. The van der Waals surface area contributed by atoms with Gasteiger partial charge < -0.3 is 9.13 Å². The van der Waals surface area contributed by atoms with E-state index in [2.05, 4.69) is 191 Å². The van der Waals surface area contributed by atoms with Crippen molar-refractivity contribution in [3.8, 4) is 73.9 Å². The molecule has 0 atom stereocenters. The second-order valence-corrected chi connectivity index (χ2v) is 16.0. The van der Waals surface area contributed by atoms with Crippen LogP contribution >= 0.6 is 0 Å². The zero-order chi connectivity index (χ0) is 42.6. The average Bonchev–Trinajstić information content (AvgIpc) is 3.89. The normalized spacial score (nSPS) is 11.4. The van der Waals surface area contributed by atoms with E-state index in [4.69, 9.17) is 15.0 Å². The Morgan fingerprint density at radius 2 is 0.797 bits per heavy atom. The molecule has 0 saturated carbocycles. The van der Waals surface area contributed by atoms with Crippen LogP contribution in [0, 0.1) is 11.3 Å². The van der Waals surface area contributed by atoms with Crippen LogP contribution < -0.4 is 0 Å². The fraction of sp³-hybridized carbons (Fsp3) is 0. The van der Waals surface area contributed by atoms with E-state index in [1.165, 1.54) is 21.8 Å². The zero-order valence-corrected chi connectivity index (χ0v) is 34.5. The predicted molar refractivity (Wildman–Crippen MR) is 260 cm³/mol. The number of aromatic nitrogens is 5. The highest BCUT2D eigenvalue weighted by Gasteiger charge is 2.21. The van der Waals surface area contributed by atoms with E-state index in [0.29, 0.717) is 23.0 Å². The van der Waals surface area contributed by atoms with E-state index >= 15 is 0 Å². The highest BCUT2D eigenvalue weighted by Crippen LogP contribution is 2.40. The van der Waals surface area contributed by atoms with Crippen molar-refractivity contribution in [1.29, 1.82) is 5.26 Å². The van der Waals surface area contributed by atoms with Gasteiger partial charge in [-0.05, 0) is 71.3 Å². The lowest BCUT2D eigenvalue weighted by molar-refractivity contribution is 1.07. The second kappa shape index (κ2) is 15.2. The third kappa shape index (κ3) is 6.22. The van der Waals surface area contributed by atoms with E-state index in [-0.39, 0.29) is 0 Å². The molecule has 0 amide bonds. The minimum atomic E-state index is 0.493. The predicted octanol–water partition coefficient (Wildman–Crippen LogP) is 14.3. The Labute approximate surface area is 369 Å². The lowest BCUT2D eigenvalue weighted by Gasteiger charge is -2.16. The van der Waals surface area contributed by atoms with Crippen molar-refractivity contribution < 1.29 is 0 Å². The SMILES string of the molecule is N#Cc1cccc(-c2nc(-c3ccc(-c4ccccc4)cc3)nc(-c3ccc(-c4ccccc4)c(-n4c5ccccc5c5cc(-n6c7ccccc7c7ccccc76)ccc54)c3)n2)c1. The first-order chi connectivity index (χ1) is 31.7. The van der Waals surface area contributed by atoms with Crippen LogP contribution in [0.3, 0.4) is 0 Å². The Kier molecular flexibility index (Phi) is 8.77. The molecule has 6 nitrogen and oxygen atoms in total. The smallest absolute Gasteiger partial charge is 0.164 e. The number of nitrogens with zero attached hydrogens (tertiary/aromatic N) is 6. The molecule has 12 rings (SSSR count). The molecule has 64 heavy (non-hydrogen) atoms. The van der Waals surface area contributed by atoms with Crippen LogP contribution in [0.15, 0.2) is 218 Å². The first kappa shape index (κ1) is 36.9. The number of rotatable bonds is 7. The third-order valence-electron chi connectivity index (χ3n) is 12.2. The molecule has 9 aromatic carbocycles. The van der Waals surface area contributed by atoms with Gasteiger partial charge in [0.05, 0.1) is 39.4 Å². The number of benzene rings is 9. The van der Waals surface area contributed by atoms with E-state index < -0.39 is 0 Å². The molecule has 0 aliphatic rings. The summed E-state index contributed by atoms with van der Waals surface area (Å²) in [5, 5.41) is 14.6. The topological polar surface area (TPSA) is 72.3 Å². The van der Waals surface area contributed by atoms with E-state index in [0.717, 1.165) is 72.1 Å². The maximum atomic E-state index is 9.83. The second-order valence-electron chi connectivity index (χ2n) is 16.0. The van der Waals surface area contributed by atoms with Gasteiger partial charge in [-0.1, -0.05) is 164 Å². The lowest BCUT2D eigenvalue weighted by Crippen LogP contribution is -2.02. The first-order valence-electron chi connectivity index (χ1n) is 21.3. The monoisotopic (exact) mass is 816 g/mol. The van der Waals surface area contributed by atoms with E-state index in [1.807, 2.05) is 36.4 Å². The van der Waals surface area contributed by atoms with Gasteiger partial charge in [-0.3, -0.25) is 0 Å². The van der Waals surface area contributed by atoms with Gasteiger partial charge in [-0.2, -0.15) is 5.26 Å². The number of fused-ring (bicyclic) bond motifs is 6. The molecule has 0 fully saturated rings. The van der Waals surface area contributed by atoms with Crippen LogP contribution in [0.5, 0.6) is 0 Å². The molecule has 0 radical (unpaired) electrons. The van der Waals surface area contributed by atoms with Gasteiger partial charge in [0.2, 0.25) is 0 Å². The Morgan fingerprint density at radius 1 is 0.328 bits per heavy atom. The van der Waals surface area contributed by atoms with Crippen LogP contribution in [0.4, 0.5) is 0 Å². The van der Waals surface area contributed by atoms with Gasteiger partial charge >= 0.3 is 0 Å². The van der Waals surface area contributed by atoms with Crippen molar-refractivity contribution in [1.82, 2.24) is 24.1 Å². The number of hydrogen-bond acceptors (Lipinski definition) is 4. The average molecular weight is 817 g/mol. The zero-order valence-electron chi connectivity index (χ0n) is 34.5. The summed E-state index contributed by atoms with van der Waals surface area (Å²) in [6.07, 6.45) is 0. The van der Waals surface area contributed by atoms with Crippen LogP contribution in [0.2, 0.25) is 0 Å². The molecular weight excluding hydrogens is 781 g/mol. The Morgan fingerprint density at radius 3 is 1.44 bits per heavy atom. The van der Waals surface area contributed by atoms with Gasteiger partial charge in [0.25, 0.3) is 0 Å². The van der Waals surface area contributed by atoms with Crippen molar-refractivity contribution in [2.45, 2.75) is 0 Å². The van der Waals surface area contributed by atoms with E-state index in [9.17, 15) is 5.26 Å². The fourth-order valence-electron chi connectivity index (χ4n) is 9.21.